The summed E-state index contributed by atoms with van der Waals surface area (Å²) >= 11 is 3.42. The number of rotatable bonds is 2. The molecule has 2 aromatic heterocycles. The number of nitrogens with zero attached hydrogens (tertiary/aromatic N) is 2. The highest BCUT2D eigenvalue weighted by Crippen LogP contribution is 2.37. The van der Waals surface area contributed by atoms with E-state index < -0.39 is 0 Å². The Balaban J connectivity index is 1.70. The molecule has 0 radical (unpaired) electrons. The SMILES string of the molecule is Cc1c(NC(=O)c2cc(Br)cn3cncc23)ccc2c1OCCO2. The van der Waals surface area contributed by atoms with Crippen LogP contribution in [0.15, 0.2) is 41.4 Å². The Morgan fingerprint density at radius 1 is 1.33 bits per heavy atom. The number of carbonyl (C=O) groups is 1. The summed E-state index contributed by atoms with van der Waals surface area (Å²) in [4.78, 5) is 16.8. The molecular formula is C17H14BrN3O3. The molecule has 1 amide bonds. The Bertz CT molecular complexity index is 952. The number of hydrogen-bond acceptors (Lipinski definition) is 4. The number of amides is 1. The van der Waals surface area contributed by atoms with Crippen LogP contribution in [0.4, 0.5) is 5.69 Å². The summed E-state index contributed by atoms with van der Waals surface area (Å²) in [5, 5.41) is 2.95. The van der Waals surface area contributed by atoms with E-state index in [1.165, 1.54) is 0 Å². The Labute approximate surface area is 146 Å². The van der Waals surface area contributed by atoms with Crippen LogP contribution in [0.5, 0.6) is 11.5 Å². The van der Waals surface area contributed by atoms with Crippen LogP contribution in [0.25, 0.3) is 5.52 Å². The molecule has 4 rings (SSSR count). The summed E-state index contributed by atoms with van der Waals surface area (Å²) in [5.41, 5.74) is 2.82. The lowest BCUT2D eigenvalue weighted by Crippen LogP contribution is -2.18. The van der Waals surface area contributed by atoms with E-state index in [4.69, 9.17) is 9.47 Å². The molecule has 7 heteroatoms. The van der Waals surface area contributed by atoms with E-state index in [0.29, 0.717) is 36.0 Å². The van der Waals surface area contributed by atoms with E-state index in [-0.39, 0.29) is 5.91 Å². The third-order valence-electron chi connectivity index (χ3n) is 3.94. The van der Waals surface area contributed by atoms with Crippen LogP contribution in [0.1, 0.15) is 15.9 Å². The third-order valence-corrected chi connectivity index (χ3v) is 4.37. The predicted molar refractivity (Wildman–Crippen MR) is 93.0 cm³/mol. The first-order chi connectivity index (χ1) is 11.6. The first-order valence-electron chi connectivity index (χ1n) is 7.45. The number of hydrogen-bond donors (Lipinski definition) is 1. The fourth-order valence-corrected chi connectivity index (χ4v) is 3.21. The van der Waals surface area contributed by atoms with Crippen molar-refractivity contribution in [3.8, 4) is 11.5 Å². The highest BCUT2D eigenvalue weighted by molar-refractivity contribution is 9.10. The molecule has 0 aliphatic carbocycles. The first kappa shape index (κ1) is 15.0. The van der Waals surface area contributed by atoms with Crippen LogP contribution in [-0.2, 0) is 0 Å². The van der Waals surface area contributed by atoms with Crippen molar-refractivity contribution in [2.75, 3.05) is 18.5 Å². The molecule has 6 nitrogen and oxygen atoms in total. The van der Waals surface area contributed by atoms with Gasteiger partial charge in [0.1, 0.15) is 13.2 Å². The Hall–Kier alpha value is -2.54. The van der Waals surface area contributed by atoms with E-state index in [2.05, 4.69) is 26.2 Å². The third kappa shape index (κ3) is 2.50. The fraction of sp³-hybridized carbons (Fsp3) is 0.176. The number of aromatic nitrogens is 2. The second-order valence-electron chi connectivity index (χ2n) is 5.47. The molecule has 3 heterocycles. The minimum Gasteiger partial charge on any atom is -0.486 e. The van der Waals surface area contributed by atoms with Gasteiger partial charge in [0.15, 0.2) is 11.5 Å². The van der Waals surface area contributed by atoms with E-state index >= 15 is 0 Å². The second kappa shape index (κ2) is 5.83. The number of ether oxygens (including phenoxy) is 2. The normalized spacial score (nSPS) is 13.1. The molecule has 1 N–H and O–H groups in total. The lowest BCUT2D eigenvalue weighted by molar-refractivity contribution is 0.102. The molecule has 0 atom stereocenters. The maximum absolute atomic E-state index is 12.8. The van der Waals surface area contributed by atoms with Gasteiger partial charge in [-0.3, -0.25) is 4.79 Å². The number of benzene rings is 1. The minimum atomic E-state index is -0.207. The van der Waals surface area contributed by atoms with E-state index in [1.807, 2.05) is 25.3 Å². The van der Waals surface area contributed by atoms with Crippen LogP contribution >= 0.6 is 15.9 Å². The highest BCUT2D eigenvalue weighted by atomic mass is 79.9. The van der Waals surface area contributed by atoms with Gasteiger partial charge in [0.05, 0.1) is 23.6 Å². The summed E-state index contributed by atoms with van der Waals surface area (Å²) in [6.07, 6.45) is 5.18. The van der Waals surface area contributed by atoms with Gasteiger partial charge in [0.25, 0.3) is 5.91 Å². The van der Waals surface area contributed by atoms with Gasteiger partial charge in [0, 0.05) is 21.9 Å². The Morgan fingerprint density at radius 3 is 3.04 bits per heavy atom. The number of fused-ring (bicyclic) bond motifs is 2. The maximum atomic E-state index is 12.8. The largest absolute Gasteiger partial charge is 0.486 e. The van der Waals surface area contributed by atoms with Gasteiger partial charge in [-0.15, -0.1) is 0 Å². The molecule has 3 aromatic rings. The van der Waals surface area contributed by atoms with Crippen LogP contribution in [0.3, 0.4) is 0 Å². The molecule has 0 fully saturated rings. The maximum Gasteiger partial charge on any atom is 0.257 e. The minimum absolute atomic E-state index is 0.207. The monoisotopic (exact) mass is 387 g/mol. The molecule has 1 aromatic carbocycles. The number of pyridine rings is 1. The zero-order valence-corrected chi connectivity index (χ0v) is 14.5. The molecule has 0 saturated heterocycles. The summed E-state index contributed by atoms with van der Waals surface area (Å²) in [7, 11) is 0. The zero-order chi connectivity index (χ0) is 16.7. The van der Waals surface area contributed by atoms with Crippen molar-refractivity contribution in [3.63, 3.8) is 0 Å². The van der Waals surface area contributed by atoms with Crippen molar-refractivity contribution < 1.29 is 14.3 Å². The fourth-order valence-electron chi connectivity index (χ4n) is 2.76. The zero-order valence-electron chi connectivity index (χ0n) is 12.9. The van der Waals surface area contributed by atoms with Crippen molar-refractivity contribution in [1.29, 1.82) is 0 Å². The topological polar surface area (TPSA) is 64.9 Å². The molecule has 122 valence electrons. The summed E-state index contributed by atoms with van der Waals surface area (Å²) < 4.78 is 13.8. The van der Waals surface area contributed by atoms with Crippen molar-refractivity contribution in [2.45, 2.75) is 6.92 Å². The van der Waals surface area contributed by atoms with Crippen molar-refractivity contribution in [3.05, 3.63) is 52.5 Å². The van der Waals surface area contributed by atoms with Gasteiger partial charge in [-0.1, -0.05) is 0 Å². The number of anilines is 1. The molecule has 1 aliphatic heterocycles. The van der Waals surface area contributed by atoms with Crippen molar-refractivity contribution in [2.24, 2.45) is 0 Å². The van der Waals surface area contributed by atoms with Crippen LogP contribution in [-0.4, -0.2) is 28.5 Å². The molecule has 0 saturated carbocycles. The number of nitrogens with one attached hydrogen (secondary N) is 1. The summed E-state index contributed by atoms with van der Waals surface area (Å²) in [6.45, 7) is 2.95. The molecule has 24 heavy (non-hydrogen) atoms. The van der Waals surface area contributed by atoms with Crippen LogP contribution in [0.2, 0.25) is 0 Å². The standard InChI is InChI=1S/C17H14BrN3O3/c1-10-13(2-3-15-16(10)24-5-4-23-15)20-17(22)12-6-11(18)8-21-9-19-7-14(12)21/h2-3,6-9H,4-5H2,1H3,(H,20,22). The van der Waals surface area contributed by atoms with Gasteiger partial charge in [0.2, 0.25) is 0 Å². The number of halogens is 1. The van der Waals surface area contributed by atoms with Crippen LogP contribution in [0, 0.1) is 6.92 Å². The smallest absolute Gasteiger partial charge is 0.257 e. The lowest BCUT2D eigenvalue weighted by atomic mass is 10.1. The number of imidazole rings is 1. The average Bonchev–Trinajstić information content (AvgIpc) is 3.05. The van der Waals surface area contributed by atoms with Crippen molar-refractivity contribution in [1.82, 2.24) is 9.38 Å². The molecule has 0 spiro atoms. The summed E-state index contributed by atoms with van der Waals surface area (Å²) in [6, 6.07) is 5.42. The summed E-state index contributed by atoms with van der Waals surface area (Å²) in [5.74, 6) is 1.18. The van der Waals surface area contributed by atoms with Crippen molar-refractivity contribution >= 4 is 33.0 Å². The molecule has 0 bridgehead atoms. The van der Waals surface area contributed by atoms with Crippen LogP contribution < -0.4 is 14.8 Å². The first-order valence-corrected chi connectivity index (χ1v) is 8.24. The molecular weight excluding hydrogens is 374 g/mol. The van der Waals surface area contributed by atoms with Gasteiger partial charge < -0.3 is 19.2 Å². The van der Waals surface area contributed by atoms with Gasteiger partial charge >= 0.3 is 0 Å². The van der Waals surface area contributed by atoms with E-state index in [0.717, 1.165) is 15.6 Å². The average molecular weight is 388 g/mol. The number of carbonyl (C=O) groups excluding carboxylic acids is 1. The Kier molecular flexibility index (Phi) is 3.65. The van der Waals surface area contributed by atoms with Gasteiger partial charge in [-0.2, -0.15) is 0 Å². The highest BCUT2D eigenvalue weighted by Gasteiger charge is 2.19. The predicted octanol–water partition coefficient (Wildman–Crippen LogP) is 3.43. The second-order valence-corrected chi connectivity index (χ2v) is 6.39. The van der Waals surface area contributed by atoms with Gasteiger partial charge in [-0.25, -0.2) is 4.98 Å². The molecule has 0 unspecified atom stereocenters. The molecule has 1 aliphatic rings. The quantitative estimate of drug-likeness (QED) is 0.731. The van der Waals surface area contributed by atoms with E-state index in [9.17, 15) is 4.79 Å². The Morgan fingerprint density at radius 2 is 2.17 bits per heavy atom. The van der Waals surface area contributed by atoms with Gasteiger partial charge in [-0.05, 0) is 41.1 Å². The lowest BCUT2D eigenvalue weighted by Gasteiger charge is -2.22. The van der Waals surface area contributed by atoms with E-state index in [1.54, 1.807) is 23.0 Å².